The maximum atomic E-state index is 13.9. The highest BCUT2D eigenvalue weighted by atomic mass is 35.5. The summed E-state index contributed by atoms with van der Waals surface area (Å²) in [4.78, 5) is 36.8. The van der Waals surface area contributed by atoms with E-state index in [2.05, 4.69) is 10.6 Å². The van der Waals surface area contributed by atoms with Crippen molar-refractivity contribution in [2.24, 2.45) is 0 Å². The number of nitrogens with one attached hydrogen (secondary N) is 2. The van der Waals surface area contributed by atoms with Gasteiger partial charge in [-0.25, -0.2) is 9.18 Å². The predicted molar refractivity (Wildman–Crippen MR) is 113 cm³/mol. The molecule has 32 heavy (non-hydrogen) atoms. The zero-order valence-electron chi connectivity index (χ0n) is 17.5. The molecule has 0 aliphatic heterocycles. The number of aliphatic hydroxyl groups excluding tert-OH is 1. The third kappa shape index (κ3) is 6.82. The molecule has 0 fully saturated rings. The molecule has 0 aliphatic carbocycles. The second kappa shape index (κ2) is 11.3. The molecule has 2 aromatic rings. The molecular weight excluding hydrogens is 447 g/mol. The molecule has 0 radical (unpaired) electrons. The number of esters is 1. The highest BCUT2D eigenvalue weighted by Gasteiger charge is 2.29. The first-order chi connectivity index (χ1) is 15.1. The average Bonchev–Trinajstić information content (AvgIpc) is 2.76. The van der Waals surface area contributed by atoms with Gasteiger partial charge in [-0.15, -0.1) is 0 Å². The fourth-order valence-electron chi connectivity index (χ4n) is 2.57. The number of carbonyl (C=O) groups excluding carboxylic acids is 3. The Morgan fingerprint density at radius 2 is 1.72 bits per heavy atom. The Morgan fingerprint density at radius 3 is 2.28 bits per heavy atom. The van der Waals surface area contributed by atoms with E-state index in [1.807, 2.05) is 0 Å². The zero-order chi connectivity index (χ0) is 23.8. The molecule has 3 N–H and O–H groups in total. The molecule has 2 aromatic carbocycles. The summed E-state index contributed by atoms with van der Waals surface area (Å²) >= 11 is 5.76. The molecule has 2 rings (SSSR count). The van der Waals surface area contributed by atoms with E-state index < -0.39 is 47.9 Å². The Bertz CT molecular complexity index is 978. The van der Waals surface area contributed by atoms with E-state index in [1.54, 1.807) is 6.07 Å². The summed E-state index contributed by atoms with van der Waals surface area (Å²) in [6.07, 6.45) is -1.39. The number of aliphatic hydroxyl groups is 1. The number of ether oxygens (including phenoxy) is 3. The predicted octanol–water partition coefficient (Wildman–Crippen LogP) is 2.16. The van der Waals surface area contributed by atoms with Crippen molar-refractivity contribution in [3.63, 3.8) is 0 Å². The molecule has 0 aliphatic rings. The minimum absolute atomic E-state index is 0.110. The van der Waals surface area contributed by atoms with Crippen LogP contribution in [0.4, 0.5) is 10.1 Å². The van der Waals surface area contributed by atoms with Crippen LogP contribution in [0.3, 0.4) is 0 Å². The summed E-state index contributed by atoms with van der Waals surface area (Å²) in [5, 5.41) is 14.6. The van der Waals surface area contributed by atoms with Gasteiger partial charge in [0.05, 0.1) is 25.9 Å². The number of anilines is 1. The van der Waals surface area contributed by atoms with Crippen molar-refractivity contribution in [1.82, 2.24) is 5.32 Å². The van der Waals surface area contributed by atoms with Gasteiger partial charge in [-0.05, 0) is 25.1 Å². The maximum absolute atomic E-state index is 13.9. The summed E-state index contributed by atoms with van der Waals surface area (Å²) in [7, 11) is 2.89. The van der Waals surface area contributed by atoms with Gasteiger partial charge in [0.2, 0.25) is 0 Å². The summed E-state index contributed by atoms with van der Waals surface area (Å²) in [5.74, 6) is -2.76. The van der Waals surface area contributed by atoms with Crippen molar-refractivity contribution in [3.05, 3.63) is 52.8 Å². The summed E-state index contributed by atoms with van der Waals surface area (Å²) < 4.78 is 29.0. The highest BCUT2D eigenvalue weighted by molar-refractivity contribution is 6.31. The van der Waals surface area contributed by atoms with Gasteiger partial charge in [0.25, 0.3) is 11.8 Å². The molecule has 0 bridgehead atoms. The van der Waals surface area contributed by atoms with E-state index in [1.165, 1.54) is 39.3 Å². The highest BCUT2D eigenvalue weighted by Crippen LogP contribution is 2.25. The van der Waals surface area contributed by atoms with Crippen molar-refractivity contribution < 1.29 is 38.1 Å². The molecule has 0 spiro atoms. The molecule has 0 unspecified atom stereocenters. The van der Waals surface area contributed by atoms with Crippen LogP contribution in [0.25, 0.3) is 0 Å². The monoisotopic (exact) mass is 468 g/mol. The molecule has 172 valence electrons. The standard InChI is InChI=1S/C21H22ClFN2O7/c1-11(26)19(25-20(28)16-6-12(22)4-5-17(16)23)21(29)32-10-18(27)24-13-7-14(30-2)9-15(8-13)31-3/h4-9,11,19,26H,10H2,1-3H3,(H,24,27)(H,25,28)/t11-,19-/m0/s1. The molecule has 2 atom stereocenters. The average molecular weight is 469 g/mol. The van der Waals surface area contributed by atoms with Crippen LogP contribution in [-0.4, -0.2) is 55.9 Å². The van der Waals surface area contributed by atoms with Gasteiger partial charge in [-0.3, -0.25) is 9.59 Å². The van der Waals surface area contributed by atoms with E-state index in [0.717, 1.165) is 12.1 Å². The SMILES string of the molecule is COc1cc(NC(=O)COC(=O)[C@@H](NC(=O)c2cc(Cl)ccc2F)[C@H](C)O)cc(OC)c1. The van der Waals surface area contributed by atoms with Crippen LogP contribution < -0.4 is 20.1 Å². The quantitative estimate of drug-likeness (QED) is 0.482. The van der Waals surface area contributed by atoms with Crippen LogP contribution in [0.1, 0.15) is 17.3 Å². The largest absolute Gasteiger partial charge is 0.497 e. The van der Waals surface area contributed by atoms with Crippen LogP contribution in [0.5, 0.6) is 11.5 Å². The normalized spacial score (nSPS) is 12.3. The van der Waals surface area contributed by atoms with Gasteiger partial charge in [-0.2, -0.15) is 0 Å². The molecule has 0 aromatic heterocycles. The van der Waals surface area contributed by atoms with Crippen LogP contribution >= 0.6 is 11.6 Å². The number of methoxy groups -OCH3 is 2. The lowest BCUT2D eigenvalue weighted by molar-refractivity contribution is -0.151. The number of amides is 2. The number of halogens is 2. The second-order valence-corrected chi connectivity index (χ2v) is 7.01. The second-order valence-electron chi connectivity index (χ2n) is 6.57. The summed E-state index contributed by atoms with van der Waals surface area (Å²) in [6.45, 7) is 0.520. The third-order valence-electron chi connectivity index (χ3n) is 4.18. The van der Waals surface area contributed by atoms with Crippen LogP contribution in [0.15, 0.2) is 36.4 Å². The zero-order valence-corrected chi connectivity index (χ0v) is 18.2. The Kier molecular flexibility index (Phi) is 8.80. The fraction of sp³-hybridized carbons (Fsp3) is 0.286. The summed E-state index contributed by atoms with van der Waals surface area (Å²) in [6, 6.07) is 6.43. The Balaban J connectivity index is 2.00. The number of benzene rings is 2. The van der Waals surface area contributed by atoms with Gasteiger partial charge in [0.1, 0.15) is 17.3 Å². The van der Waals surface area contributed by atoms with Crippen LogP contribution in [0.2, 0.25) is 5.02 Å². The van der Waals surface area contributed by atoms with Crippen LogP contribution in [0, 0.1) is 5.82 Å². The van der Waals surface area contributed by atoms with E-state index >= 15 is 0 Å². The van der Waals surface area contributed by atoms with Gasteiger partial charge in [0.15, 0.2) is 12.6 Å². The fourth-order valence-corrected chi connectivity index (χ4v) is 2.74. The van der Waals surface area contributed by atoms with Gasteiger partial charge in [0, 0.05) is 28.9 Å². The molecule has 0 saturated heterocycles. The van der Waals surface area contributed by atoms with Gasteiger partial charge in [-0.1, -0.05) is 11.6 Å². The first-order valence-corrected chi connectivity index (χ1v) is 9.66. The molecule has 11 heteroatoms. The van der Waals surface area contributed by atoms with E-state index in [4.69, 9.17) is 25.8 Å². The molecule has 2 amide bonds. The van der Waals surface area contributed by atoms with E-state index in [0.29, 0.717) is 17.2 Å². The number of hydrogen-bond donors (Lipinski definition) is 3. The Labute approximate surface area is 188 Å². The minimum atomic E-state index is -1.55. The van der Waals surface area contributed by atoms with E-state index in [-0.39, 0.29) is 5.02 Å². The first-order valence-electron chi connectivity index (χ1n) is 9.28. The summed E-state index contributed by atoms with van der Waals surface area (Å²) in [5.41, 5.74) is -0.0836. The molecular formula is C21H22ClFN2O7. The third-order valence-corrected chi connectivity index (χ3v) is 4.41. The van der Waals surface area contributed by atoms with Gasteiger partial charge < -0.3 is 30.0 Å². The maximum Gasteiger partial charge on any atom is 0.331 e. The lowest BCUT2D eigenvalue weighted by Crippen LogP contribution is -2.49. The Hall–Kier alpha value is -3.37. The number of carbonyl (C=O) groups is 3. The molecule has 0 heterocycles. The Morgan fingerprint density at radius 1 is 1.09 bits per heavy atom. The number of rotatable bonds is 9. The van der Waals surface area contributed by atoms with Gasteiger partial charge >= 0.3 is 5.97 Å². The van der Waals surface area contributed by atoms with Crippen LogP contribution in [-0.2, 0) is 14.3 Å². The molecule has 9 nitrogen and oxygen atoms in total. The van der Waals surface area contributed by atoms with Crippen molar-refractivity contribution >= 4 is 35.1 Å². The topological polar surface area (TPSA) is 123 Å². The van der Waals surface area contributed by atoms with Crippen molar-refractivity contribution in [3.8, 4) is 11.5 Å². The minimum Gasteiger partial charge on any atom is -0.497 e. The van der Waals surface area contributed by atoms with Crippen molar-refractivity contribution in [2.45, 2.75) is 19.1 Å². The smallest absolute Gasteiger partial charge is 0.331 e. The lowest BCUT2D eigenvalue weighted by atomic mass is 10.1. The van der Waals surface area contributed by atoms with Crippen molar-refractivity contribution in [2.75, 3.05) is 26.1 Å². The lowest BCUT2D eigenvalue weighted by Gasteiger charge is -2.20. The first kappa shape index (κ1) is 24.9. The van der Waals surface area contributed by atoms with Crippen molar-refractivity contribution in [1.29, 1.82) is 0 Å². The number of hydrogen-bond acceptors (Lipinski definition) is 7. The van der Waals surface area contributed by atoms with E-state index in [9.17, 15) is 23.9 Å². The molecule has 0 saturated carbocycles.